The quantitative estimate of drug-likeness (QED) is 0.616. The van der Waals surface area contributed by atoms with Crippen molar-refractivity contribution in [3.05, 3.63) is 65.5 Å². The van der Waals surface area contributed by atoms with Crippen LogP contribution in [-0.2, 0) is 19.6 Å². The molecule has 0 fully saturated rings. The largest absolute Gasteiger partial charge is 0.451 e. The summed E-state index contributed by atoms with van der Waals surface area (Å²) in [7, 11) is 1.75. The van der Waals surface area contributed by atoms with Crippen LogP contribution in [0.3, 0.4) is 0 Å². The van der Waals surface area contributed by atoms with Crippen LogP contribution in [-0.4, -0.2) is 22.1 Å². The van der Waals surface area contributed by atoms with Gasteiger partial charge < -0.3 is 10.2 Å². The van der Waals surface area contributed by atoms with E-state index in [0.29, 0.717) is 11.5 Å². The maximum absolute atomic E-state index is 13.2. The zero-order valence-corrected chi connectivity index (χ0v) is 15.2. The van der Waals surface area contributed by atoms with E-state index in [4.69, 9.17) is 10.2 Å². The third-order valence-electron chi connectivity index (χ3n) is 4.59. The highest BCUT2D eigenvalue weighted by Crippen LogP contribution is 2.33. The number of carbonyl (C=O) groups excluding carboxylic acids is 1. The van der Waals surface area contributed by atoms with Gasteiger partial charge >= 0.3 is 6.18 Å². The van der Waals surface area contributed by atoms with E-state index in [9.17, 15) is 18.0 Å². The van der Waals surface area contributed by atoms with Gasteiger partial charge in [0.2, 0.25) is 0 Å². The lowest BCUT2D eigenvalue weighted by molar-refractivity contribution is -0.138. The van der Waals surface area contributed by atoms with E-state index >= 15 is 0 Å². The number of Topliss-reactive ketones (excluding diaryl/α,β-unsaturated/α-hetero) is 1. The van der Waals surface area contributed by atoms with Gasteiger partial charge in [-0.2, -0.15) is 18.3 Å². The van der Waals surface area contributed by atoms with Crippen molar-refractivity contribution < 1.29 is 22.4 Å². The fraction of sp³-hybridized carbons (Fsp3) is 0.300. The fourth-order valence-corrected chi connectivity index (χ4v) is 3.13. The zero-order valence-electron chi connectivity index (χ0n) is 15.2. The monoisotopic (exact) mass is 391 g/mol. The number of furan rings is 1. The Labute approximate surface area is 159 Å². The molecule has 0 saturated heterocycles. The Hall–Kier alpha value is -2.87. The number of nitrogens with two attached hydrogens (primary N) is 1. The highest BCUT2D eigenvalue weighted by molar-refractivity contribution is 5.94. The number of aromatic nitrogens is 2. The van der Waals surface area contributed by atoms with E-state index in [1.165, 1.54) is 12.1 Å². The van der Waals surface area contributed by atoms with E-state index in [2.05, 4.69) is 5.10 Å². The van der Waals surface area contributed by atoms with Crippen molar-refractivity contribution in [1.29, 1.82) is 0 Å². The van der Waals surface area contributed by atoms with Crippen molar-refractivity contribution in [1.82, 2.24) is 9.78 Å². The molecule has 5 nitrogen and oxygen atoms in total. The van der Waals surface area contributed by atoms with Gasteiger partial charge in [0.05, 0.1) is 5.56 Å². The minimum atomic E-state index is -4.45. The number of carbonyl (C=O) groups is 1. The van der Waals surface area contributed by atoms with Crippen LogP contribution in [0.5, 0.6) is 0 Å². The highest BCUT2D eigenvalue weighted by Gasteiger charge is 2.33. The molecule has 1 aromatic carbocycles. The molecule has 1 atom stereocenters. The predicted molar refractivity (Wildman–Crippen MR) is 97.5 cm³/mol. The van der Waals surface area contributed by atoms with E-state index in [1.54, 1.807) is 42.2 Å². The molecule has 2 heterocycles. The van der Waals surface area contributed by atoms with Crippen molar-refractivity contribution in [2.75, 3.05) is 6.54 Å². The summed E-state index contributed by atoms with van der Waals surface area (Å²) in [6.07, 6.45) is -2.77. The van der Waals surface area contributed by atoms with Gasteiger partial charge in [-0.25, -0.2) is 0 Å². The van der Waals surface area contributed by atoms with Gasteiger partial charge in [0, 0.05) is 19.7 Å². The molecular formula is C20H20F3N3O2. The van der Waals surface area contributed by atoms with Crippen LogP contribution < -0.4 is 5.73 Å². The first kappa shape index (κ1) is 19.9. The molecule has 0 saturated carbocycles. The minimum Gasteiger partial charge on any atom is -0.451 e. The van der Waals surface area contributed by atoms with Gasteiger partial charge in [-0.1, -0.05) is 18.2 Å². The van der Waals surface area contributed by atoms with Gasteiger partial charge in [-0.15, -0.1) is 0 Å². The summed E-state index contributed by atoms with van der Waals surface area (Å²) in [4.78, 5) is 12.6. The van der Waals surface area contributed by atoms with Crippen LogP contribution in [0.4, 0.5) is 13.2 Å². The molecule has 0 aliphatic rings. The van der Waals surface area contributed by atoms with Crippen LogP contribution in [0.2, 0.25) is 0 Å². The Morgan fingerprint density at radius 3 is 2.61 bits per heavy atom. The number of hydrogen-bond donors (Lipinski definition) is 1. The van der Waals surface area contributed by atoms with Crippen LogP contribution in [0.1, 0.15) is 28.1 Å². The van der Waals surface area contributed by atoms with Crippen LogP contribution >= 0.6 is 0 Å². The van der Waals surface area contributed by atoms with E-state index in [0.717, 1.165) is 6.07 Å². The molecule has 0 amide bonds. The number of rotatable bonds is 7. The third kappa shape index (κ3) is 4.33. The molecule has 3 aromatic rings. The maximum Gasteiger partial charge on any atom is 0.416 e. The standard InChI is InChI=1S/C20H20F3N3O2/c1-26-16(8-9-25-26)18-6-7-19(28-18)17(27)11-13(12-24)10-14-4-2-3-5-15(14)20(21,22)23/h2-9,13H,10-12,24H2,1H3/t13-/m1/s1. The van der Waals surface area contributed by atoms with Crippen LogP contribution in [0, 0.1) is 5.92 Å². The van der Waals surface area contributed by atoms with Crippen LogP contribution in [0.25, 0.3) is 11.5 Å². The summed E-state index contributed by atoms with van der Waals surface area (Å²) >= 11 is 0. The summed E-state index contributed by atoms with van der Waals surface area (Å²) in [6.45, 7) is 0.0905. The molecule has 0 aliphatic carbocycles. The van der Waals surface area contributed by atoms with E-state index in [1.807, 2.05) is 0 Å². The first-order valence-electron chi connectivity index (χ1n) is 8.76. The third-order valence-corrected chi connectivity index (χ3v) is 4.59. The molecule has 28 heavy (non-hydrogen) atoms. The number of nitrogens with zero attached hydrogens (tertiary/aromatic N) is 2. The molecule has 0 radical (unpaired) electrons. The average molecular weight is 391 g/mol. The zero-order chi connectivity index (χ0) is 20.3. The van der Waals surface area contributed by atoms with Crippen molar-refractivity contribution >= 4 is 5.78 Å². The highest BCUT2D eigenvalue weighted by atomic mass is 19.4. The maximum atomic E-state index is 13.2. The van der Waals surface area contributed by atoms with Gasteiger partial charge in [0.25, 0.3) is 0 Å². The Balaban J connectivity index is 1.73. The fourth-order valence-electron chi connectivity index (χ4n) is 3.13. The van der Waals surface area contributed by atoms with Crippen molar-refractivity contribution in [3.63, 3.8) is 0 Å². The molecule has 0 aliphatic heterocycles. The number of hydrogen-bond acceptors (Lipinski definition) is 4. The first-order chi connectivity index (χ1) is 13.3. The summed E-state index contributed by atoms with van der Waals surface area (Å²) in [6, 6.07) is 10.3. The van der Waals surface area contributed by atoms with E-state index < -0.39 is 17.7 Å². The van der Waals surface area contributed by atoms with Crippen LogP contribution in [0.15, 0.2) is 53.1 Å². The number of alkyl halides is 3. The molecule has 0 bridgehead atoms. The van der Waals surface area contributed by atoms with Gasteiger partial charge in [0.15, 0.2) is 17.3 Å². The topological polar surface area (TPSA) is 74.0 Å². The second kappa shape index (κ2) is 8.02. The smallest absolute Gasteiger partial charge is 0.416 e. The molecule has 8 heteroatoms. The minimum absolute atomic E-state index is 0.00102. The first-order valence-corrected chi connectivity index (χ1v) is 8.76. The molecule has 0 unspecified atom stereocenters. The van der Waals surface area contributed by atoms with Gasteiger partial charge in [-0.05, 0) is 48.7 Å². The summed E-state index contributed by atoms with van der Waals surface area (Å²) in [5, 5.41) is 4.05. The Morgan fingerprint density at radius 1 is 1.21 bits per heavy atom. The van der Waals surface area contributed by atoms with Crippen molar-refractivity contribution in [2.24, 2.45) is 18.7 Å². The summed E-state index contributed by atoms with van der Waals surface area (Å²) in [5.74, 6) is -0.0802. The van der Waals surface area contributed by atoms with Crippen molar-refractivity contribution in [3.8, 4) is 11.5 Å². The molecule has 148 valence electrons. The van der Waals surface area contributed by atoms with Crippen molar-refractivity contribution in [2.45, 2.75) is 19.0 Å². The molecule has 2 N–H and O–H groups in total. The summed E-state index contributed by atoms with van der Waals surface area (Å²) < 4.78 is 46.8. The lowest BCUT2D eigenvalue weighted by Gasteiger charge is -2.17. The van der Waals surface area contributed by atoms with Gasteiger partial charge in [-0.3, -0.25) is 9.48 Å². The Morgan fingerprint density at radius 2 is 1.96 bits per heavy atom. The summed E-state index contributed by atoms with van der Waals surface area (Å²) in [5.41, 5.74) is 5.88. The van der Waals surface area contributed by atoms with Gasteiger partial charge in [0.1, 0.15) is 5.69 Å². The second-order valence-corrected chi connectivity index (χ2v) is 6.59. The Bertz CT molecular complexity index is 960. The predicted octanol–water partition coefficient (Wildman–Crippen LogP) is 4.09. The molecule has 3 rings (SSSR count). The SMILES string of the molecule is Cn1nccc1-c1ccc(C(=O)C[C@H](CN)Cc2ccccc2C(F)(F)F)o1. The lowest BCUT2D eigenvalue weighted by atomic mass is 9.91. The molecule has 0 spiro atoms. The Kier molecular flexibility index (Phi) is 5.69. The lowest BCUT2D eigenvalue weighted by Crippen LogP contribution is -2.22. The average Bonchev–Trinajstić information content (AvgIpc) is 3.29. The normalized spacial score (nSPS) is 12.9. The number of benzene rings is 1. The number of halogens is 3. The van der Waals surface area contributed by atoms with E-state index in [-0.39, 0.29) is 36.5 Å². The second-order valence-electron chi connectivity index (χ2n) is 6.59. The molecule has 2 aromatic heterocycles. The molecular weight excluding hydrogens is 371 g/mol. The number of aryl methyl sites for hydroxylation is 1. The number of ketones is 1.